The topological polar surface area (TPSA) is 75.7 Å². The highest BCUT2D eigenvalue weighted by Crippen LogP contribution is 2.15. The van der Waals surface area contributed by atoms with E-state index in [1.807, 2.05) is 13.8 Å². The van der Waals surface area contributed by atoms with Gasteiger partial charge in [0.05, 0.1) is 18.0 Å². The van der Waals surface area contributed by atoms with Gasteiger partial charge in [-0.15, -0.1) is 0 Å². The number of amides is 1. The number of nitrogens with zero attached hydrogens (tertiary/aromatic N) is 1. The molecule has 0 spiro atoms. The van der Waals surface area contributed by atoms with E-state index in [-0.39, 0.29) is 10.8 Å². The molecular formula is C14H22N2O4S. The average Bonchev–Trinajstić information content (AvgIpc) is 2.48. The van der Waals surface area contributed by atoms with Crippen molar-refractivity contribution in [3.8, 4) is 5.75 Å². The summed E-state index contributed by atoms with van der Waals surface area (Å²) in [5.41, 5.74) is 0. The first kappa shape index (κ1) is 17.5. The van der Waals surface area contributed by atoms with Crippen molar-refractivity contribution in [2.75, 3.05) is 20.2 Å². The number of ether oxygens (including phenoxy) is 1. The van der Waals surface area contributed by atoms with Gasteiger partial charge >= 0.3 is 0 Å². The summed E-state index contributed by atoms with van der Waals surface area (Å²) in [6.45, 7) is 6.34. The van der Waals surface area contributed by atoms with Gasteiger partial charge in [0, 0.05) is 13.1 Å². The van der Waals surface area contributed by atoms with Crippen LogP contribution in [0.1, 0.15) is 20.8 Å². The van der Waals surface area contributed by atoms with Gasteiger partial charge < -0.3 is 9.64 Å². The molecule has 0 aliphatic heterocycles. The van der Waals surface area contributed by atoms with Gasteiger partial charge in [0.1, 0.15) is 5.75 Å². The van der Waals surface area contributed by atoms with Gasteiger partial charge in [-0.05, 0) is 45.0 Å². The molecule has 7 heteroatoms. The predicted molar refractivity (Wildman–Crippen MR) is 80.7 cm³/mol. The number of methoxy groups -OCH3 is 1. The first-order valence-electron chi connectivity index (χ1n) is 6.80. The van der Waals surface area contributed by atoms with Gasteiger partial charge in [0.2, 0.25) is 15.9 Å². The van der Waals surface area contributed by atoms with E-state index in [0.29, 0.717) is 18.8 Å². The minimum absolute atomic E-state index is 0.0995. The number of benzene rings is 1. The first-order chi connectivity index (χ1) is 9.85. The minimum atomic E-state index is -3.73. The van der Waals surface area contributed by atoms with Gasteiger partial charge in [0.25, 0.3) is 0 Å². The summed E-state index contributed by atoms with van der Waals surface area (Å²) in [5, 5.41) is 0. The molecule has 0 aliphatic rings. The molecule has 1 rings (SSSR count). The van der Waals surface area contributed by atoms with E-state index < -0.39 is 16.1 Å². The Morgan fingerprint density at radius 3 is 2.19 bits per heavy atom. The summed E-state index contributed by atoms with van der Waals surface area (Å²) in [4.78, 5) is 13.8. The third-order valence-electron chi connectivity index (χ3n) is 3.15. The van der Waals surface area contributed by atoms with Crippen LogP contribution < -0.4 is 9.46 Å². The second kappa shape index (κ2) is 7.42. The van der Waals surface area contributed by atoms with Crippen molar-refractivity contribution < 1.29 is 17.9 Å². The van der Waals surface area contributed by atoms with Gasteiger partial charge in [-0.1, -0.05) is 0 Å². The van der Waals surface area contributed by atoms with Crippen molar-refractivity contribution >= 4 is 15.9 Å². The second-order valence-corrected chi connectivity index (χ2v) is 6.24. The summed E-state index contributed by atoms with van der Waals surface area (Å²) in [5.74, 6) is 0.332. The lowest BCUT2D eigenvalue weighted by molar-refractivity contribution is -0.132. The quantitative estimate of drug-likeness (QED) is 0.821. The number of hydrogen-bond acceptors (Lipinski definition) is 4. The Labute approximate surface area is 126 Å². The molecule has 1 atom stereocenters. The summed E-state index contributed by atoms with van der Waals surface area (Å²) in [6.07, 6.45) is 0. The van der Waals surface area contributed by atoms with E-state index in [2.05, 4.69) is 4.72 Å². The maximum Gasteiger partial charge on any atom is 0.241 e. The molecule has 0 unspecified atom stereocenters. The van der Waals surface area contributed by atoms with Gasteiger partial charge in [-0.2, -0.15) is 4.72 Å². The smallest absolute Gasteiger partial charge is 0.241 e. The third kappa shape index (κ3) is 4.44. The zero-order valence-corrected chi connectivity index (χ0v) is 13.6. The largest absolute Gasteiger partial charge is 0.497 e. The lowest BCUT2D eigenvalue weighted by Gasteiger charge is -2.23. The Bertz CT molecular complexity index is 565. The molecule has 0 heterocycles. The molecule has 0 saturated carbocycles. The van der Waals surface area contributed by atoms with Crippen LogP contribution in [0, 0.1) is 0 Å². The Hall–Kier alpha value is -1.60. The number of rotatable bonds is 7. The van der Waals surface area contributed by atoms with E-state index in [1.54, 1.807) is 24.0 Å². The molecule has 6 nitrogen and oxygen atoms in total. The fourth-order valence-electron chi connectivity index (χ4n) is 1.92. The molecule has 1 aromatic carbocycles. The van der Waals surface area contributed by atoms with Crippen molar-refractivity contribution in [1.29, 1.82) is 0 Å². The summed E-state index contributed by atoms with van der Waals surface area (Å²) in [6, 6.07) is 5.19. The van der Waals surface area contributed by atoms with Crippen LogP contribution in [0.2, 0.25) is 0 Å². The van der Waals surface area contributed by atoms with E-state index in [0.717, 1.165) is 0 Å². The molecule has 0 aliphatic carbocycles. The highest BCUT2D eigenvalue weighted by molar-refractivity contribution is 7.89. The normalized spacial score (nSPS) is 12.8. The Morgan fingerprint density at radius 1 is 1.24 bits per heavy atom. The minimum Gasteiger partial charge on any atom is -0.497 e. The first-order valence-corrected chi connectivity index (χ1v) is 8.29. The van der Waals surface area contributed by atoms with Crippen LogP contribution in [0.3, 0.4) is 0 Å². The monoisotopic (exact) mass is 314 g/mol. The van der Waals surface area contributed by atoms with Crippen LogP contribution in [-0.2, 0) is 14.8 Å². The zero-order valence-electron chi connectivity index (χ0n) is 12.8. The van der Waals surface area contributed by atoms with E-state index in [1.165, 1.54) is 19.2 Å². The van der Waals surface area contributed by atoms with Crippen LogP contribution >= 0.6 is 0 Å². The van der Waals surface area contributed by atoms with Gasteiger partial charge in [-0.25, -0.2) is 8.42 Å². The highest BCUT2D eigenvalue weighted by atomic mass is 32.2. The Morgan fingerprint density at radius 2 is 1.76 bits per heavy atom. The van der Waals surface area contributed by atoms with Crippen molar-refractivity contribution in [2.24, 2.45) is 0 Å². The molecule has 0 fully saturated rings. The summed E-state index contributed by atoms with van der Waals surface area (Å²) in [7, 11) is -2.23. The number of hydrogen-bond donors (Lipinski definition) is 1. The lowest BCUT2D eigenvalue weighted by Crippen LogP contribution is -2.46. The zero-order chi connectivity index (χ0) is 16.0. The van der Waals surface area contributed by atoms with E-state index >= 15 is 0 Å². The summed E-state index contributed by atoms with van der Waals surface area (Å²) >= 11 is 0. The average molecular weight is 314 g/mol. The van der Waals surface area contributed by atoms with Crippen molar-refractivity contribution in [3.63, 3.8) is 0 Å². The van der Waals surface area contributed by atoms with Crippen LogP contribution in [-0.4, -0.2) is 45.5 Å². The molecule has 1 N–H and O–H groups in total. The molecule has 118 valence electrons. The van der Waals surface area contributed by atoms with Crippen molar-refractivity contribution in [3.05, 3.63) is 24.3 Å². The SMILES string of the molecule is CCN(CC)C(=O)[C@H](C)NS(=O)(=O)c1ccc(OC)cc1. The van der Waals surface area contributed by atoms with Crippen LogP contribution in [0.5, 0.6) is 5.75 Å². The maximum atomic E-state index is 12.2. The number of carbonyl (C=O) groups is 1. The predicted octanol–water partition coefficient (Wildman–Crippen LogP) is 1.23. The number of likely N-dealkylation sites (N-methyl/N-ethyl adjacent to an activating group) is 1. The van der Waals surface area contributed by atoms with Crippen molar-refractivity contribution in [1.82, 2.24) is 9.62 Å². The molecule has 0 aromatic heterocycles. The Balaban J connectivity index is 2.86. The fraction of sp³-hybridized carbons (Fsp3) is 0.500. The maximum absolute atomic E-state index is 12.2. The molecule has 21 heavy (non-hydrogen) atoms. The van der Waals surface area contributed by atoms with Crippen LogP contribution in [0.25, 0.3) is 0 Å². The second-order valence-electron chi connectivity index (χ2n) is 4.53. The Kier molecular flexibility index (Phi) is 6.17. The highest BCUT2D eigenvalue weighted by Gasteiger charge is 2.24. The van der Waals surface area contributed by atoms with Gasteiger partial charge in [0.15, 0.2) is 0 Å². The van der Waals surface area contributed by atoms with Crippen LogP contribution in [0.4, 0.5) is 0 Å². The van der Waals surface area contributed by atoms with Crippen molar-refractivity contribution in [2.45, 2.75) is 31.7 Å². The van der Waals surface area contributed by atoms with E-state index in [4.69, 9.17) is 4.74 Å². The third-order valence-corrected chi connectivity index (χ3v) is 4.70. The molecule has 1 amide bonds. The summed E-state index contributed by atoms with van der Waals surface area (Å²) < 4.78 is 31.8. The van der Waals surface area contributed by atoms with Crippen LogP contribution in [0.15, 0.2) is 29.2 Å². The molecule has 1 aromatic rings. The number of sulfonamides is 1. The number of nitrogens with one attached hydrogen (secondary N) is 1. The molecule has 0 saturated heterocycles. The van der Waals surface area contributed by atoms with E-state index in [9.17, 15) is 13.2 Å². The molecule has 0 radical (unpaired) electrons. The van der Waals surface area contributed by atoms with Gasteiger partial charge in [-0.3, -0.25) is 4.79 Å². The lowest BCUT2D eigenvalue weighted by atomic mass is 10.3. The standard InChI is InChI=1S/C14H22N2O4S/c1-5-16(6-2)14(17)11(3)15-21(18,19)13-9-7-12(20-4)8-10-13/h7-11,15H,5-6H2,1-4H3/t11-/m0/s1. The molecule has 0 bridgehead atoms. The number of carbonyl (C=O) groups excluding carboxylic acids is 1. The fourth-order valence-corrected chi connectivity index (χ4v) is 3.11. The molecular weight excluding hydrogens is 292 g/mol.